The third kappa shape index (κ3) is 12.4. The molecule has 0 aromatic heterocycles. The molecular weight excluding hydrogens is 708 g/mol. The lowest BCUT2D eigenvalue weighted by atomic mass is 9.77. The maximum absolute atomic E-state index is 13.8. The highest BCUT2D eigenvalue weighted by Crippen LogP contribution is 2.42. The predicted octanol–water partition coefficient (Wildman–Crippen LogP) is 5.05. The van der Waals surface area contributed by atoms with Crippen LogP contribution in [0.2, 0.25) is 0 Å². The molecule has 5 N–H and O–H groups in total. The summed E-state index contributed by atoms with van der Waals surface area (Å²) in [5.41, 5.74) is 1.74. The number of allylic oxidation sites excluding steroid dienone is 8. The number of methoxy groups -OCH3 is 2. The monoisotopic (exact) mass is 776 g/mol. The molecule has 0 unspecified atom stereocenters. The molecule has 2 saturated heterocycles. The Morgan fingerprint density at radius 2 is 1.73 bits per heavy atom. The van der Waals surface area contributed by atoms with Crippen LogP contribution in [0.5, 0.6) is 0 Å². The van der Waals surface area contributed by atoms with E-state index in [-0.39, 0.29) is 36.4 Å². The zero-order chi connectivity index (χ0) is 41.2. The number of aliphatic hydroxyl groups excluding tert-OH is 4. The van der Waals surface area contributed by atoms with Gasteiger partial charge in [0, 0.05) is 43.6 Å². The van der Waals surface area contributed by atoms with Crippen LogP contribution in [0.3, 0.4) is 0 Å². The van der Waals surface area contributed by atoms with E-state index in [9.17, 15) is 30.3 Å². The van der Waals surface area contributed by atoms with Crippen LogP contribution in [0.25, 0.3) is 0 Å². The highest BCUT2D eigenvalue weighted by Gasteiger charge is 2.52. The van der Waals surface area contributed by atoms with Crippen molar-refractivity contribution in [1.82, 2.24) is 0 Å². The highest BCUT2D eigenvalue weighted by molar-refractivity contribution is 5.87. The predicted molar refractivity (Wildman–Crippen MR) is 209 cm³/mol. The van der Waals surface area contributed by atoms with E-state index < -0.39 is 84.8 Å². The van der Waals surface area contributed by atoms with Crippen molar-refractivity contribution in [1.29, 1.82) is 0 Å². The topological polar surface area (TPSA) is 174 Å². The van der Waals surface area contributed by atoms with Crippen LogP contribution >= 0.6 is 0 Å². The molecule has 3 aliphatic heterocycles. The fraction of sp³-hybridized carbons (Fsp3) is 0.698. The lowest BCUT2D eigenvalue weighted by Gasteiger charge is -2.49. The second kappa shape index (κ2) is 21.2. The van der Waals surface area contributed by atoms with Gasteiger partial charge in [0.1, 0.15) is 18.3 Å². The maximum atomic E-state index is 13.8. The molecule has 55 heavy (non-hydrogen) atoms. The summed E-state index contributed by atoms with van der Waals surface area (Å²) in [4.78, 5) is 13.8. The minimum absolute atomic E-state index is 0.0349. The van der Waals surface area contributed by atoms with Crippen molar-refractivity contribution in [3.63, 3.8) is 0 Å². The molecule has 12 heteroatoms. The van der Waals surface area contributed by atoms with Gasteiger partial charge in [0.25, 0.3) is 0 Å². The Kier molecular flexibility index (Phi) is 18.0. The molecule has 0 aromatic rings. The number of cyclic esters (lactones) is 1. The number of carbonyl (C=O) groups is 1. The van der Waals surface area contributed by atoms with Gasteiger partial charge in [-0.2, -0.15) is 0 Å². The second-order valence-electron chi connectivity index (χ2n) is 15.9. The Hall–Kier alpha value is -2.65. The normalized spacial score (nSPS) is 39.2. The van der Waals surface area contributed by atoms with Crippen molar-refractivity contribution in [2.24, 2.45) is 29.6 Å². The summed E-state index contributed by atoms with van der Waals surface area (Å²) < 4.78 is 36.1. The molecule has 3 rings (SSSR count). The molecule has 0 spiro atoms. The molecular formula is C43H68O12. The minimum Gasteiger partial charge on any atom is -0.490 e. The van der Waals surface area contributed by atoms with Crippen molar-refractivity contribution >= 4 is 5.97 Å². The molecule has 0 bridgehead atoms. The van der Waals surface area contributed by atoms with Crippen LogP contribution in [0.1, 0.15) is 81.6 Å². The van der Waals surface area contributed by atoms with E-state index in [1.54, 1.807) is 32.9 Å². The standard InChI is InChI=1S/C43H68O12/c1-12-13-14-17-33-28(6)36(53-37-22-32(44)40(47)31(9)52-37)23-43(49,55-33)30(8)39(46)29(7)41-34(50-10)18-15-16-24(2)19-26(4)38(45)27(5)20-25(3)21-35(51-11)42(48)54-41/h12-18,20-21,26-34,36-41,44-47,49H,19,22-23H2,1-11H3/b13-12+,17-14+,18-15?,24-16?,25-20?,35-21?/t26-,27+,28+,29-,30-,31+,32+,33+,34-,36+,37-,38-,39+,40+,41+,43+/m0/s1. The van der Waals surface area contributed by atoms with Crippen molar-refractivity contribution in [2.75, 3.05) is 14.2 Å². The van der Waals surface area contributed by atoms with E-state index >= 15 is 0 Å². The van der Waals surface area contributed by atoms with Gasteiger partial charge in [-0.1, -0.05) is 94.4 Å². The first kappa shape index (κ1) is 46.7. The van der Waals surface area contributed by atoms with Crippen molar-refractivity contribution in [3.8, 4) is 0 Å². The van der Waals surface area contributed by atoms with Crippen molar-refractivity contribution < 1.29 is 58.7 Å². The first-order chi connectivity index (χ1) is 25.9. The first-order valence-corrected chi connectivity index (χ1v) is 19.6. The quantitative estimate of drug-likeness (QED) is 0.148. The van der Waals surface area contributed by atoms with Gasteiger partial charge in [0.15, 0.2) is 12.1 Å². The Balaban J connectivity index is 2.00. The Bertz CT molecular complexity index is 1410. The highest BCUT2D eigenvalue weighted by atomic mass is 16.7. The van der Waals surface area contributed by atoms with E-state index in [0.717, 1.165) is 5.57 Å². The molecule has 312 valence electrons. The smallest absolute Gasteiger partial charge is 0.373 e. The Morgan fingerprint density at radius 3 is 2.35 bits per heavy atom. The summed E-state index contributed by atoms with van der Waals surface area (Å²) >= 11 is 0. The zero-order valence-corrected chi connectivity index (χ0v) is 34.6. The molecule has 3 aliphatic rings. The number of hydrogen-bond donors (Lipinski definition) is 5. The fourth-order valence-electron chi connectivity index (χ4n) is 7.76. The van der Waals surface area contributed by atoms with Crippen LogP contribution in [-0.2, 0) is 33.2 Å². The average molecular weight is 777 g/mol. The van der Waals surface area contributed by atoms with E-state index in [0.29, 0.717) is 12.0 Å². The van der Waals surface area contributed by atoms with Gasteiger partial charge >= 0.3 is 5.97 Å². The number of ether oxygens (including phenoxy) is 6. The number of hydrogen-bond acceptors (Lipinski definition) is 12. The molecule has 2 fully saturated rings. The number of carbonyl (C=O) groups excluding carboxylic acids is 1. The molecule has 0 radical (unpaired) electrons. The minimum atomic E-state index is -1.92. The van der Waals surface area contributed by atoms with Crippen molar-refractivity contribution in [2.45, 2.75) is 149 Å². The molecule has 0 amide bonds. The van der Waals surface area contributed by atoms with Gasteiger partial charge in [0.2, 0.25) is 5.76 Å². The summed E-state index contributed by atoms with van der Waals surface area (Å²) in [6, 6.07) is 0. The molecule has 12 nitrogen and oxygen atoms in total. The Labute approximate surface area is 328 Å². The van der Waals surface area contributed by atoms with Crippen LogP contribution < -0.4 is 0 Å². The largest absolute Gasteiger partial charge is 0.490 e. The molecule has 0 aromatic carbocycles. The molecule has 0 aliphatic carbocycles. The lowest BCUT2D eigenvalue weighted by molar-refractivity contribution is -0.339. The average Bonchev–Trinajstić information content (AvgIpc) is 3.13. The lowest BCUT2D eigenvalue weighted by Crippen LogP contribution is -2.59. The summed E-state index contributed by atoms with van der Waals surface area (Å²) in [7, 11) is 2.86. The third-order valence-electron chi connectivity index (χ3n) is 11.4. The van der Waals surface area contributed by atoms with E-state index in [1.165, 1.54) is 14.2 Å². The van der Waals surface area contributed by atoms with E-state index in [2.05, 4.69) is 0 Å². The van der Waals surface area contributed by atoms with E-state index in [4.69, 9.17) is 28.4 Å². The van der Waals surface area contributed by atoms with Gasteiger partial charge < -0.3 is 54.0 Å². The van der Waals surface area contributed by atoms with Crippen LogP contribution in [0.15, 0.2) is 71.6 Å². The summed E-state index contributed by atoms with van der Waals surface area (Å²) in [6.45, 7) is 16.6. The first-order valence-electron chi connectivity index (χ1n) is 19.6. The zero-order valence-electron chi connectivity index (χ0n) is 34.6. The van der Waals surface area contributed by atoms with Gasteiger partial charge in [-0.15, -0.1) is 0 Å². The van der Waals surface area contributed by atoms with Gasteiger partial charge in [-0.3, -0.25) is 0 Å². The van der Waals surface area contributed by atoms with Crippen LogP contribution in [0, 0.1) is 29.6 Å². The third-order valence-corrected chi connectivity index (χ3v) is 11.4. The van der Waals surface area contributed by atoms with Gasteiger partial charge in [0.05, 0.1) is 43.7 Å². The van der Waals surface area contributed by atoms with Crippen LogP contribution in [0.4, 0.5) is 0 Å². The SMILES string of the molecule is C/C=C/C=C/[C@H]1O[C@@](O)([C@@H](C)[C@H](O)[C@H](C)[C@H]2OC(=O)C(OC)=CC(C)=C[C@@H](C)[C@@H](O)[C@@H](C)CC(C)=CC=C[C@@H]2OC)C[C@@H](O[C@H]2C[C@@H](O)[C@H](O)[C@@H](C)O2)[C@@H]1C. The van der Waals surface area contributed by atoms with E-state index in [1.807, 2.05) is 84.1 Å². The van der Waals surface area contributed by atoms with Gasteiger partial charge in [-0.25, -0.2) is 4.79 Å². The second-order valence-corrected chi connectivity index (χ2v) is 15.9. The number of esters is 1. The van der Waals surface area contributed by atoms with Crippen LogP contribution in [-0.4, -0.2) is 113 Å². The molecule has 3 heterocycles. The fourth-order valence-corrected chi connectivity index (χ4v) is 7.76. The Morgan fingerprint density at radius 1 is 1.04 bits per heavy atom. The van der Waals surface area contributed by atoms with Gasteiger partial charge in [-0.05, 0) is 46.1 Å². The summed E-state index contributed by atoms with van der Waals surface area (Å²) in [5.74, 6) is -5.04. The number of rotatable bonds is 10. The van der Waals surface area contributed by atoms with Crippen molar-refractivity contribution in [3.05, 3.63) is 71.6 Å². The molecule has 16 atom stereocenters. The molecule has 0 saturated carbocycles. The summed E-state index contributed by atoms with van der Waals surface area (Å²) in [6.07, 6.45) is 8.29. The number of aliphatic hydroxyl groups is 5. The summed E-state index contributed by atoms with van der Waals surface area (Å²) in [5, 5.41) is 56.1. The maximum Gasteiger partial charge on any atom is 0.373 e.